The fourth-order valence-corrected chi connectivity index (χ4v) is 2.92. The van der Waals surface area contributed by atoms with E-state index in [-0.39, 0.29) is 43.1 Å². The fraction of sp³-hybridized carbons (Fsp3) is 0.632. The van der Waals surface area contributed by atoms with E-state index in [1.165, 1.54) is 18.7 Å². The van der Waals surface area contributed by atoms with Crippen LogP contribution in [0.4, 0.5) is 0 Å². The Morgan fingerprint density at radius 1 is 1.00 bits per heavy atom. The van der Waals surface area contributed by atoms with Crippen molar-refractivity contribution in [1.82, 2.24) is 20.4 Å². The summed E-state index contributed by atoms with van der Waals surface area (Å²) >= 11 is 0. The largest absolute Gasteiger partial charge is 0.383 e. The molecule has 2 rings (SSSR count). The zero-order chi connectivity index (χ0) is 17.9. The van der Waals surface area contributed by atoms with Crippen LogP contribution in [-0.2, 0) is 22.6 Å². The lowest BCUT2D eigenvalue weighted by Crippen LogP contribution is -2.45. The van der Waals surface area contributed by atoms with Crippen LogP contribution in [0.15, 0.2) is 24.3 Å². The zero-order valence-corrected chi connectivity index (χ0v) is 19.3. The van der Waals surface area contributed by atoms with Gasteiger partial charge in [0.1, 0.15) is 0 Å². The maximum Gasteiger partial charge on any atom is 0.234 e. The Kier molecular flexibility index (Phi) is 18.3. The number of halogens is 3. The average molecular weight is 458 g/mol. The van der Waals surface area contributed by atoms with Gasteiger partial charge in [-0.15, -0.1) is 37.2 Å². The molecule has 1 aromatic rings. The highest BCUT2D eigenvalue weighted by Crippen LogP contribution is 2.10. The maximum absolute atomic E-state index is 11.7. The molecule has 2 N–H and O–H groups in total. The Morgan fingerprint density at radius 2 is 1.57 bits per heavy atom. The summed E-state index contributed by atoms with van der Waals surface area (Å²) in [5, 5.41) is 5.97. The molecule has 0 radical (unpaired) electrons. The molecule has 0 aliphatic carbocycles. The number of hydrogen-bond donors (Lipinski definition) is 2. The number of amides is 1. The summed E-state index contributed by atoms with van der Waals surface area (Å²) in [5.74, 6) is 0.00831. The summed E-state index contributed by atoms with van der Waals surface area (Å²) in [6.07, 6.45) is 0. The van der Waals surface area contributed by atoms with Crippen molar-refractivity contribution in [3.63, 3.8) is 0 Å². The third-order valence-electron chi connectivity index (χ3n) is 4.60. The van der Waals surface area contributed by atoms with Crippen LogP contribution in [0.2, 0.25) is 0 Å². The number of methoxy groups -OCH3 is 1. The molecule has 1 aliphatic heterocycles. The highest BCUT2D eigenvalue weighted by Gasteiger charge is 2.15. The van der Waals surface area contributed by atoms with Crippen molar-refractivity contribution in [2.75, 3.05) is 59.5 Å². The first kappa shape index (κ1) is 29.6. The Bertz CT molecular complexity index is 512. The summed E-state index contributed by atoms with van der Waals surface area (Å²) < 4.78 is 4.93. The van der Waals surface area contributed by atoms with Crippen molar-refractivity contribution >= 4 is 43.1 Å². The minimum absolute atomic E-state index is 0. The van der Waals surface area contributed by atoms with Crippen LogP contribution in [-0.4, -0.2) is 75.2 Å². The number of benzene rings is 1. The molecule has 1 amide bonds. The van der Waals surface area contributed by atoms with Crippen molar-refractivity contribution in [3.8, 4) is 0 Å². The van der Waals surface area contributed by atoms with Gasteiger partial charge in [-0.3, -0.25) is 9.69 Å². The van der Waals surface area contributed by atoms with Gasteiger partial charge in [0.05, 0.1) is 13.2 Å². The molecule has 0 spiro atoms. The second-order valence-electron chi connectivity index (χ2n) is 6.47. The lowest BCUT2D eigenvalue weighted by molar-refractivity contribution is -0.120. The van der Waals surface area contributed by atoms with Crippen LogP contribution in [0, 0.1) is 0 Å². The second-order valence-corrected chi connectivity index (χ2v) is 6.47. The van der Waals surface area contributed by atoms with Gasteiger partial charge in [-0.2, -0.15) is 0 Å². The highest BCUT2D eigenvalue weighted by atomic mass is 35.5. The van der Waals surface area contributed by atoms with Gasteiger partial charge in [0.25, 0.3) is 0 Å². The standard InChI is InChI=1S/C19H32N4O2.3ClH/c1-3-22-9-11-23(12-10-22)16-18-6-4-17(5-7-18)14-21-19(24)15-20-8-13-25-2;;;/h4-7,20H,3,8-16H2,1-2H3,(H,21,24);3*1H. The molecule has 9 heteroatoms. The Balaban J connectivity index is 0. The fourth-order valence-electron chi connectivity index (χ4n) is 2.92. The first-order chi connectivity index (χ1) is 12.2. The van der Waals surface area contributed by atoms with Gasteiger partial charge in [-0.1, -0.05) is 31.2 Å². The molecule has 0 aromatic heterocycles. The van der Waals surface area contributed by atoms with Crippen molar-refractivity contribution in [1.29, 1.82) is 0 Å². The SMILES string of the molecule is CCN1CCN(Cc2ccc(CNC(=O)CNCCOC)cc2)CC1.Cl.Cl.Cl. The molecular weight excluding hydrogens is 423 g/mol. The van der Waals surface area contributed by atoms with E-state index in [1.54, 1.807) is 7.11 Å². The van der Waals surface area contributed by atoms with Gasteiger partial charge < -0.3 is 20.3 Å². The third kappa shape index (κ3) is 11.4. The normalized spacial score (nSPS) is 14.4. The van der Waals surface area contributed by atoms with Crippen molar-refractivity contribution in [3.05, 3.63) is 35.4 Å². The number of ether oxygens (including phenoxy) is 1. The molecule has 0 atom stereocenters. The first-order valence-electron chi connectivity index (χ1n) is 9.20. The number of likely N-dealkylation sites (N-methyl/N-ethyl adjacent to an activating group) is 1. The van der Waals surface area contributed by atoms with Crippen molar-refractivity contribution in [2.45, 2.75) is 20.0 Å². The smallest absolute Gasteiger partial charge is 0.234 e. The minimum atomic E-state index is 0. The molecule has 1 fully saturated rings. The Hall–Kier alpha value is -0.600. The number of nitrogens with zero attached hydrogens (tertiary/aromatic N) is 2. The van der Waals surface area contributed by atoms with Crippen LogP contribution >= 0.6 is 37.2 Å². The lowest BCUT2D eigenvalue weighted by Gasteiger charge is -2.34. The molecule has 6 nitrogen and oxygen atoms in total. The quantitative estimate of drug-likeness (QED) is 0.526. The average Bonchev–Trinajstić information content (AvgIpc) is 2.65. The number of carbonyl (C=O) groups excluding carboxylic acids is 1. The number of carbonyl (C=O) groups is 1. The van der Waals surface area contributed by atoms with Gasteiger partial charge in [0.15, 0.2) is 0 Å². The third-order valence-corrected chi connectivity index (χ3v) is 4.60. The highest BCUT2D eigenvalue weighted by molar-refractivity contribution is 5.86. The van der Waals surface area contributed by atoms with Gasteiger partial charge in [-0.25, -0.2) is 0 Å². The zero-order valence-electron chi connectivity index (χ0n) is 16.8. The molecule has 0 saturated carbocycles. The van der Waals surface area contributed by atoms with Crippen molar-refractivity contribution in [2.24, 2.45) is 0 Å². The van der Waals surface area contributed by atoms with E-state index in [9.17, 15) is 4.79 Å². The predicted molar refractivity (Wildman–Crippen MR) is 122 cm³/mol. The van der Waals surface area contributed by atoms with Gasteiger partial charge in [0, 0.05) is 52.9 Å². The molecule has 0 unspecified atom stereocenters. The van der Waals surface area contributed by atoms with Crippen LogP contribution in [0.25, 0.3) is 0 Å². The maximum atomic E-state index is 11.7. The van der Waals surface area contributed by atoms with E-state index >= 15 is 0 Å². The molecule has 164 valence electrons. The molecular formula is C19H35Cl3N4O2. The minimum Gasteiger partial charge on any atom is -0.383 e. The van der Waals surface area contributed by atoms with Crippen molar-refractivity contribution < 1.29 is 9.53 Å². The van der Waals surface area contributed by atoms with E-state index in [2.05, 4.69) is 51.6 Å². The molecule has 0 bridgehead atoms. The summed E-state index contributed by atoms with van der Waals surface area (Å²) in [6, 6.07) is 8.56. The monoisotopic (exact) mass is 456 g/mol. The van der Waals surface area contributed by atoms with E-state index in [4.69, 9.17) is 4.74 Å². The summed E-state index contributed by atoms with van der Waals surface area (Å²) in [5.41, 5.74) is 2.46. The second kappa shape index (κ2) is 17.3. The van der Waals surface area contributed by atoms with Crippen LogP contribution in [0.1, 0.15) is 18.1 Å². The van der Waals surface area contributed by atoms with E-state index in [1.807, 2.05) is 0 Å². The number of hydrogen-bond acceptors (Lipinski definition) is 5. The summed E-state index contributed by atoms with van der Waals surface area (Å²) in [6.45, 7) is 11.2. The number of rotatable bonds is 10. The van der Waals surface area contributed by atoms with Crippen LogP contribution in [0.5, 0.6) is 0 Å². The van der Waals surface area contributed by atoms with E-state index in [0.717, 1.165) is 31.7 Å². The summed E-state index contributed by atoms with van der Waals surface area (Å²) in [4.78, 5) is 16.7. The molecule has 1 aliphatic rings. The topological polar surface area (TPSA) is 56.8 Å². The van der Waals surface area contributed by atoms with Crippen LogP contribution < -0.4 is 10.6 Å². The van der Waals surface area contributed by atoms with Gasteiger partial charge >= 0.3 is 0 Å². The van der Waals surface area contributed by atoms with Gasteiger partial charge in [0.2, 0.25) is 5.91 Å². The van der Waals surface area contributed by atoms with Crippen LogP contribution in [0.3, 0.4) is 0 Å². The molecule has 1 aromatic carbocycles. The van der Waals surface area contributed by atoms with Gasteiger partial charge in [-0.05, 0) is 17.7 Å². The molecule has 1 saturated heterocycles. The summed E-state index contributed by atoms with van der Waals surface area (Å²) in [7, 11) is 1.65. The lowest BCUT2D eigenvalue weighted by atomic mass is 10.1. The predicted octanol–water partition coefficient (Wildman–Crippen LogP) is 1.94. The molecule has 28 heavy (non-hydrogen) atoms. The Morgan fingerprint density at radius 3 is 2.14 bits per heavy atom. The van der Waals surface area contributed by atoms with E-state index < -0.39 is 0 Å². The number of piperazine rings is 1. The Labute approximate surface area is 188 Å². The first-order valence-corrected chi connectivity index (χ1v) is 9.20. The molecule has 1 heterocycles. The number of nitrogens with one attached hydrogen (secondary N) is 2. The van der Waals surface area contributed by atoms with E-state index in [0.29, 0.717) is 26.2 Å².